The number of nitrogens with zero attached hydrogens (tertiary/aromatic N) is 4. The number of hydrogen-bond acceptors (Lipinski definition) is 5. The first-order chi connectivity index (χ1) is 9.06. The molecular formula is C12H21N5O2. The highest BCUT2D eigenvalue weighted by Crippen LogP contribution is 2.30. The molecule has 1 aliphatic heterocycles. The Balaban J connectivity index is 2.39. The number of anilines is 1. The van der Waals surface area contributed by atoms with Gasteiger partial charge in [0, 0.05) is 33.1 Å². The van der Waals surface area contributed by atoms with Gasteiger partial charge in [0.1, 0.15) is 0 Å². The molecule has 1 aromatic rings. The summed E-state index contributed by atoms with van der Waals surface area (Å²) < 4.78 is 1.82. The van der Waals surface area contributed by atoms with Crippen LogP contribution in [-0.2, 0) is 7.05 Å². The van der Waals surface area contributed by atoms with Crippen molar-refractivity contribution in [3.63, 3.8) is 0 Å². The second-order valence-corrected chi connectivity index (χ2v) is 4.91. The third-order valence-electron chi connectivity index (χ3n) is 3.77. The number of nitro groups is 1. The van der Waals surface area contributed by atoms with Crippen LogP contribution in [0.2, 0.25) is 0 Å². The summed E-state index contributed by atoms with van der Waals surface area (Å²) in [6.07, 6.45) is 2.16. The zero-order valence-corrected chi connectivity index (χ0v) is 11.7. The lowest BCUT2D eigenvalue weighted by molar-refractivity contribution is -0.388. The summed E-state index contributed by atoms with van der Waals surface area (Å²) in [5.74, 6) is 1.26. The summed E-state index contributed by atoms with van der Waals surface area (Å²) in [5.41, 5.74) is 0. The first-order valence-electron chi connectivity index (χ1n) is 6.71. The van der Waals surface area contributed by atoms with Crippen LogP contribution in [0.1, 0.15) is 25.6 Å². The molecule has 1 aromatic heterocycles. The van der Waals surface area contributed by atoms with Crippen molar-refractivity contribution in [1.29, 1.82) is 0 Å². The Hall–Kier alpha value is -1.63. The zero-order chi connectivity index (χ0) is 14.0. The largest absolute Gasteiger partial charge is 0.406 e. The molecule has 19 heavy (non-hydrogen) atoms. The second-order valence-electron chi connectivity index (χ2n) is 4.91. The molecule has 7 heteroatoms. The van der Waals surface area contributed by atoms with Crippen LogP contribution in [0.3, 0.4) is 0 Å². The standard InChI is InChI=1S/C12H21N5O2/c1-4-16(10-6-5-7-13-8-10)12-11(17(18)19)14-9(2)15(12)3/h10,13H,4-8H2,1-3H3. The fourth-order valence-corrected chi connectivity index (χ4v) is 2.71. The van der Waals surface area contributed by atoms with Gasteiger partial charge in [0.05, 0.1) is 0 Å². The molecule has 0 amide bonds. The molecule has 0 bridgehead atoms. The van der Waals surface area contributed by atoms with E-state index < -0.39 is 0 Å². The first kappa shape index (κ1) is 13.8. The van der Waals surface area contributed by atoms with Crippen molar-refractivity contribution in [1.82, 2.24) is 14.9 Å². The second kappa shape index (κ2) is 5.56. The number of nitrogens with one attached hydrogen (secondary N) is 1. The van der Waals surface area contributed by atoms with Crippen LogP contribution in [-0.4, -0.2) is 40.2 Å². The molecule has 0 aromatic carbocycles. The Morgan fingerprint density at radius 2 is 2.37 bits per heavy atom. The van der Waals surface area contributed by atoms with Gasteiger partial charge in [-0.1, -0.05) is 0 Å². The van der Waals surface area contributed by atoms with Gasteiger partial charge in [-0.15, -0.1) is 0 Å². The van der Waals surface area contributed by atoms with Gasteiger partial charge in [0.2, 0.25) is 11.6 Å². The van der Waals surface area contributed by atoms with Gasteiger partial charge in [-0.2, -0.15) is 0 Å². The summed E-state index contributed by atoms with van der Waals surface area (Å²) in [5, 5.41) is 14.5. The van der Waals surface area contributed by atoms with Gasteiger partial charge in [-0.25, -0.2) is 0 Å². The number of piperidine rings is 1. The van der Waals surface area contributed by atoms with Crippen molar-refractivity contribution in [3.05, 3.63) is 15.9 Å². The van der Waals surface area contributed by atoms with E-state index in [-0.39, 0.29) is 10.7 Å². The predicted octanol–water partition coefficient (Wildman–Crippen LogP) is 1.22. The average molecular weight is 267 g/mol. The van der Waals surface area contributed by atoms with Gasteiger partial charge in [-0.05, 0) is 36.2 Å². The Morgan fingerprint density at radius 1 is 1.63 bits per heavy atom. The highest BCUT2D eigenvalue weighted by Gasteiger charge is 2.31. The molecule has 0 saturated carbocycles. The fourth-order valence-electron chi connectivity index (χ4n) is 2.71. The quantitative estimate of drug-likeness (QED) is 0.655. The van der Waals surface area contributed by atoms with E-state index in [9.17, 15) is 10.1 Å². The third kappa shape index (κ3) is 2.56. The van der Waals surface area contributed by atoms with E-state index in [1.807, 2.05) is 18.5 Å². The minimum Gasteiger partial charge on any atom is -0.358 e. The minimum atomic E-state index is -0.388. The molecule has 2 heterocycles. The van der Waals surface area contributed by atoms with E-state index in [1.165, 1.54) is 0 Å². The normalized spacial score (nSPS) is 19.4. The van der Waals surface area contributed by atoms with Crippen LogP contribution >= 0.6 is 0 Å². The summed E-state index contributed by atoms with van der Waals surface area (Å²) in [6, 6.07) is 0.298. The van der Waals surface area contributed by atoms with Crippen molar-refractivity contribution < 1.29 is 4.92 Å². The Labute approximate surface area is 112 Å². The monoisotopic (exact) mass is 267 g/mol. The van der Waals surface area contributed by atoms with Gasteiger partial charge < -0.3 is 20.3 Å². The van der Waals surface area contributed by atoms with E-state index >= 15 is 0 Å². The molecule has 1 N–H and O–H groups in total. The number of hydrogen-bond donors (Lipinski definition) is 1. The summed E-state index contributed by atoms with van der Waals surface area (Å²) in [6.45, 7) is 6.46. The zero-order valence-electron chi connectivity index (χ0n) is 11.7. The summed E-state index contributed by atoms with van der Waals surface area (Å²) in [4.78, 5) is 17.0. The molecule has 1 unspecified atom stereocenters. The van der Waals surface area contributed by atoms with E-state index in [0.717, 1.165) is 32.5 Å². The molecule has 0 spiro atoms. The van der Waals surface area contributed by atoms with E-state index in [2.05, 4.69) is 15.2 Å². The average Bonchev–Trinajstić information content (AvgIpc) is 2.70. The predicted molar refractivity (Wildman–Crippen MR) is 73.5 cm³/mol. The van der Waals surface area contributed by atoms with Crippen LogP contribution in [0.25, 0.3) is 0 Å². The highest BCUT2D eigenvalue weighted by molar-refractivity contribution is 5.56. The van der Waals surface area contributed by atoms with Gasteiger partial charge >= 0.3 is 5.82 Å². The SMILES string of the molecule is CCN(c1c([N+](=O)[O-])nc(C)n1C)C1CCCNC1. The number of aromatic nitrogens is 2. The number of likely N-dealkylation sites (N-methyl/N-ethyl adjacent to an activating group) is 1. The number of rotatable bonds is 4. The van der Waals surface area contributed by atoms with Crippen molar-refractivity contribution >= 4 is 11.6 Å². The van der Waals surface area contributed by atoms with Gasteiger partial charge in [-0.3, -0.25) is 4.57 Å². The van der Waals surface area contributed by atoms with Crippen molar-refractivity contribution in [2.75, 3.05) is 24.5 Å². The minimum absolute atomic E-state index is 0.0348. The van der Waals surface area contributed by atoms with Crippen molar-refractivity contribution in [3.8, 4) is 0 Å². The third-order valence-corrected chi connectivity index (χ3v) is 3.77. The lowest BCUT2D eigenvalue weighted by atomic mass is 10.1. The first-order valence-corrected chi connectivity index (χ1v) is 6.71. The van der Waals surface area contributed by atoms with E-state index in [0.29, 0.717) is 17.7 Å². The molecule has 0 aliphatic carbocycles. The van der Waals surface area contributed by atoms with Crippen LogP contribution in [0.5, 0.6) is 0 Å². The molecule has 1 atom stereocenters. The van der Waals surface area contributed by atoms with Crippen LogP contribution in [0.4, 0.5) is 11.6 Å². The number of aryl methyl sites for hydroxylation is 1. The van der Waals surface area contributed by atoms with Crippen LogP contribution < -0.4 is 10.2 Å². The Morgan fingerprint density at radius 3 is 2.89 bits per heavy atom. The van der Waals surface area contributed by atoms with Gasteiger partial charge in [0.15, 0.2) is 0 Å². The Kier molecular flexibility index (Phi) is 4.04. The molecule has 7 nitrogen and oxygen atoms in total. The summed E-state index contributed by atoms with van der Waals surface area (Å²) >= 11 is 0. The topological polar surface area (TPSA) is 76.2 Å². The Bertz CT molecular complexity index is 465. The molecule has 1 fully saturated rings. The lowest BCUT2D eigenvalue weighted by Gasteiger charge is -2.34. The molecular weight excluding hydrogens is 246 g/mol. The molecule has 106 valence electrons. The van der Waals surface area contributed by atoms with Crippen LogP contribution in [0.15, 0.2) is 0 Å². The smallest absolute Gasteiger partial charge is 0.358 e. The number of imidazole rings is 1. The maximum Gasteiger partial charge on any atom is 0.406 e. The molecule has 1 aliphatic rings. The van der Waals surface area contributed by atoms with Crippen LogP contribution in [0, 0.1) is 17.0 Å². The lowest BCUT2D eigenvalue weighted by Crippen LogP contribution is -2.47. The van der Waals surface area contributed by atoms with E-state index in [4.69, 9.17) is 0 Å². The van der Waals surface area contributed by atoms with E-state index in [1.54, 1.807) is 6.92 Å². The molecule has 1 saturated heterocycles. The summed E-state index contributed by atoms with van der Waals surface area (Å²) in [7, 11) is 1.84. The van der Waals surface area contributed by atoms with Crippen molar-refractivity contribution in [2.24, 2.45) is 7.05 Å². The fraction of sp³-hybridized carbons (Fsp3) is 0.750. The molecule has 0 radical (unpaired) electrons. The van der Waals surface area contributed by atoms with Crippen molar-refractivity contribution in [2.45, 2.75) is 32.7 Å². The molecule has 2 rings (SSSR count). The van der Waals surface area contributed by atoms with Gasteiger partial charge in [0.25, 0.3) is 0 Å². The maximum absolute atomic E-state index is 11.2. The maximum atomic E-state index is 11.2. The highest BCUT2D eigenvalue weighted by atomic mass is 16.6.